The van der Waals surface area contributed by atoms with Crippen molar-refractivity contribution in [2.45, 2.75) is 68.7 Å². The van der Waals surface area contributed by atoms with E-state index in [4.69, 9.17) is 18.9 Å². The van der Waals surface area contributed by atoms with Crippen LogP contribution in [-0.4, -0.2) is 52.1 Å². The van der Waals surface area contributed by atoms with Crippen LogP contribution in [0.2, 0.25) is 0 Å². The zero-order valence-corrected chi connectivity index (χ0v) is 32.0. The van der Waals surface area contributed by atoms with Gasteiger partial charge in [0, 0.05) is 11.6 Å². The van der Waals surface area contributed by atoms with Crippen molar-refractivity contribution in [3.8, 4) is 28.7 Å². The van der Waals surface area contributed by atoms with Crippen molar-refractivity contribution in [2.75, 3.05) is 7.11 Å². The van der Waals surface area contributed by atoms with Crippen molar-refractivity contribution < 1.29 is 58.2 Å². The molecule has 12 nitrogen and oxygen atoms in total. The molecule has 3 aromatic carbocycles. The van der Waals surface area contributed by atoms with Gasteiger partial charge in [0.15, 0.2) is 11.5 Å². The van der Waals surface area contributed by atoms with E-state index in [1.54, 1.807) is 34.6 Å². The first kappa shape index (κ1) is 39.4. The Balaban J connectivity index is 1.66. The molecule has 1 aliphatic carbocycles. The van der Waals surface area contributed by atoms with E-state index in [0.717, 1.165) is 0 Å². The fourth-order valence-electron chi connectivity index (χ4n) is 6.32. The number of allylic oxidation sites excluding steroid dienone is 2. The van der Waals surface area contributed by atoms with Crippen LogP contribution in [-0.2, 0) is 20.7 Å². The lowest BCUT2D eigenvalue weighted by molar-refractivity contribution is -0.137. The fraction of sp³-hybridized carbons (Fsp3) is 0.308. The van der Waals surface area contributed by atoms with Crippen molar-refractivity contribution >= 4 is 45.6 Å². The number of aromatic carboxylic acids is 1. The summed E-state index contributed by atoms with van der Waals surface area (Å²) < 4.78 is 22.3. The van der Waals surface area contributed by atoms with Gasteiger partial charge in [-0.3, -0.25) is 9.59 Å². The van der Waals surface area contributed by atoms with Crippen LogP contribution >= 0.6 is 15.9 Å². The van der Waals surface area contributed by atoms with E-state index in [2.05, 4.69) is 15.9 Å². The SMILES string of the molecule is CCc1c(C)c(C(=O)O)c(C)c(C)c1OC(=O)c1c(C)cc(OC(=O)c2c(C)c(C)c(OC(=O)C3C(C)=CC(=O)C=C3OC)c(Br)c2O)c(C)c1O. The summed E-state index contributed by atoms with van der Waals surface area (Å²) in [5, 5.41) is 32.1. The predicted molar refractivity (Wildman–Crippen MR) is 193 cm³/mol. The van der Waals surface area contributed by atoms with Crippen LogP contribution < -0.4 is 14.2 Å². The summed E-state index contributed by atoms with van der Waals surface area (Å²) >= 11 is 3.23. The number of ether oxygens (including phenoxy) is 4. The monoisotopic (exact) mass is 778 g/mol. The van der Waals surface area contributed by atoms with Gasteiger partial charge in [-0.05, 0) is 134 Å². The number of hydrogen-bond donors (Lipinski definition) is 3. The minimum absolute atomic E-state index is 0.0294. The maximum atomic E-state index is 13.6. The molecule has 1 unspecified atom stereocenters. The number of esters is 3. The third kappa shape index (κ3) is 6.92. The Bertz CT molecular complexity index is 2130. The molecule has 4 rings (SSSR count). The summed E-state index contributed by atoms with van der Waals surface area (Å²) in [4.78, 5) is 64.3. The summed E-state index contributed by atoms with van der Waals surface area (Å²) in [5.74, 6) is -6.06. The van der Waals surface area contributed by atoms with Crippen LogP contribution in [0.25, 0.3) is 0 Å². The topological polar surface area (TPSA) is 183 Å². The zero-order chi connectivity index (χ0) is 39.1. The summed E-state index contributed by atoms with van der Waals surface area (Å²) in [6, 6.07) is 1.37. The lowest BCUT2D eigenvalue weighted by Gasteiger charge is -2.23. The van der Waals surface area contributed by atoms with Crippen LogP contribution in [0.3, 0.4) is 0 Å². The van der Waals surface area contributed by atoms with Gasteiger partial charge in [0.05, 0.1) is 12.7 Å². The van der Waals surface area contributed by atoms with Gasteiger partial charge in [-0.2, -0.15) is 0 Å². The van der Waals surface area contributed by atoms with E-state index < -0.39 is 41.3 Å². The average Bonchev–Trinajstić information content (AvgIpc) is 3.06. The Morgan fingerprint density at radius 3 is 1.88 bits per heavy atom. The van der Waals surface area contributed by atoms with E-state index in [0.29, 0.717) is 39.8 Å². The number of carbonyl (C=O) groups is 5. The van der Waals surface area contributed by atoms with Crippen LogP contribution in [0.4, 0.5) is 0 Å². The quantitative estimate of drug-likeness (QED) is 0.146. The van der Waals surface area contributed by atoms with Crippen molar-refractivity contribution in [1.29, 1.82) is 0 Å². The number of rotatable bonds is 9. The first-order chi connectivity index (χ1) is 24.3. The highest BCUT2D eigenvalue weighted by Crippen LogP contribution is 2.44. The number of phenols is 2. The maximum absolute atomic E-state index is 13.6. The minimum atomic E-state index is -1.09. The second-order valence-electron chi connectivity index (χ2n) is 12.5. The van der Waals surface area contributed by atoms with E-state index in [-0.39, 0.29) is 66.6 Å². The van der Waals surface area contributed by atoms with Gasteiger partial charge in [-0.1, -0.05) is 6.92 Å². The standard InChI is InChI=1S/C39H39BrO12/c1-11-24-21(8)29(36(44)45)17(4)19(6)34(24)51-38(47)28-16(3)13-25(22(9)32(28)42)50-39(48)30-18(5)20(7)35(31(40)33(30)43)52-37(46)27-15(2)12-23(41)14-26(27)49-10/h12-14,27,42-43H,11H2,1-10H3,(H,44,45). The molecule has 0 radical (unpaired) electrons. The minimum Gasteiger partial charge on any atom is -0.507 e. The second-order valence-corrected chi connectivity index (χ2v) is 13.3. The highest BCUT2D eigenvalue weighted by molar-refractivity contribution is 9.10. The Hall–Kier alpha value is -5.43. The van der Waals surface area contributed by atoms with Gasteiger partial charge >= 0.3 is 23.9 Å². The molecule has 3 N–H and O–H groups in total. The molecule has 0 saturated carbocycles. The summed E-state index contributed by atoms with van der Waals surface area (Å²) in [6.07, 6.45) is 2.86. The summed E-state index contributed by atoms with van der Waals surface area (Å²) in [7, 11) is 1.33. The Morgan fingerprint density at radius 2 is 1.31 bits per heavy atom. The number of ketones is 1. The van der Waals surface area contributed by atoms with Crippen molar-refractivity contribution in [3.05, 3.63) is 95.2 Å². The van der Waals surface area contributed by atoms with Crippen LogP contribution in [0, 0.1) is 54.4 Å². The number of hydrogen-bond acceptors (Lipinski definition) is 11. The van der Waals surface area contributed by atoms with Gasteiger partial charge < -0.3 is 34.3 Å². The highest BCUT2D eigenvalue weighted by atomic mass is 79.9. The van der Waals surface area contributed by atoms with Gasteiger partial charge in [0.25, 0.3) is 0 Å². The smallest absolute Gasteiger partial charge is 0.347 e. The van der Waals surface area contributed by atoms with Crippen LogP contribution in [0.1, 0.15) is 89.4 Å². The molecular weight excluding hydrogens is 740 g/mol. The van der Waals surface area contributed by atoms with Gasteiger partial charge in [-0.25, -0.2) is 14.4 Å². The van der Waals surface area contributed by atoms with Crippen LogP contribution in [0.5, 0.6) is 28.7 Å². The Kier molecular flexibility index (Phi) is 11.4. The number of methoxy groups -OCH3 is 1. The molecule has 0 aliphatic heterocycles. The third-order valence-corrected chi connectivity index (χ3v) is 10.2. The predicted octanol–water partition coefficient (Wildman–Crippen LogP) is 7.30. The number of carboxylic acids is 1. The molecular formula is C39H39BrO12. The molecule has 0 aromatic heterocycles. The molecule has 0 spiro atoms. The normalized spacial score (nSPS) is 14.0. The largest absolute Gasteiger partial charge is 0.507 e. The van der Waals surface area contributed by atoms with E-state index >= 15 is 0 Å². The second kappa shape index (κ2) is 15.0. The fourth-order valence-corrected chi connectivity index (χ4v) is 6.90. The molecule has 0 bridgehead atoms. The summed E-state index contributed by atoms with van der Waals surface area (Å²) in [6.45, 7) is 14.4. The molecule has 0 heterocycles. The first-order valence-corrected chi connectivity index (χ1v) is 16.9. The molecule has 0 amide bonds. The van der Waals surface area contributed by atoms with Crippen molar-refractivity contribution in [3.63, 3.8) is 0 Å². The van der Waals surface area contributed by atoms with Gasteiger partial charge in [0.1, 0.15) is 50.3 Å². The first-order valence-electron chi connectivity index (χ1n) is 16.1. The molecule has 1 aliphatic rings. The van der Waals surface area contributed by atoms with Crippen LogP contribution in [0.15, 0.2) is 34.0 Å². The number of carbonyl (C=O) groups excluding carboxylic acids is 4. The molecule has 13 heteroatoms. The van der Waals surface area contributed by atoms with E-state index in [1.807, 2.05) is 6.92 Å². The number of aromatic hydroxyl groups is 2. The number of aryl methyl sites for hydroxylation is 1. The highest BCUT2D eigenvalue weighted by Gasteiger charge is 2.34. The lowest BCUT2D eigenvalue weighted by atomic mass is 9.91. The van der Waals surface area contributed by atoms with Crippen molar-refractivity contribution in [2.24, 2.45) is 5.92 Å². The molecule has 0 saturated heterocycles. The molecule has 3 aromatic rings. The summed E-state index contributed by atoms with van der Waals surface area (Å²) in [5.41, 5.74) is 2.82. The Morgan fingerprint density at radius 1 is 0.731 bits per heavy atom. The van der Waals surface area contributed by atoms with E-state index in [1.165, 1.54) is 46.1 Å². The third-order valence-electron chi connectivity index (χ3n) is 9.45. The molecule has 52 heavy (non-hydrogen) atoms. The number of halogens is 1. The zero-order valence-electron chi connectivity index (χ0n) is 30.4. The lowest BCUT2D eigenvalue weighted by Crippen LogP contribution is -2.28. The van der Waals surface area contributed by atoms with Gasteiger partial charge in [-0.15, -0.1) is 0 Å². The average molecular weight is 780 g/mol. The number of phenolic OH excluding ortho intramolecular Hbond substituents is 2. The maximum Gasteiger partial charge on any atom is 0.347 e. The number of benzene rings is 3. The molecule has 1 atom stereocenters. The Labute approximate surface area is 308 Å². The number of carboxylic acid groups (broad SMARTS) is 1. The van der Waals surface area contributed by atoms with Gasteiger partial charge in [0.2, 0.25) is 0 Å². The van der Waals surface area contributed by atoms with E-state index in [9.17, 15) is 39.3 Å². The molecule has 274 valence electrons. The molecule has 0 fully saturated rings. The van der Waals surface area contributed by atoms with Crippen molar-refractivity contribution in [1.82, 2.24) is 0 Å².